The van der Waals surface area contributed by atoms with Crippen molar-refractivity contribution >= 4 is 17.5 Å². The SMILES string of the molecule is CC1(F)CN(c2cc(C3CCCCC3)cc(Nc3cc(C#N)ccn3)n2)C1. The number of hydrogen-bond acceptors (Lipinski definition) is 5. The Balaban J connectivity index is 1.63. The second kappa shape index (κ2) is 7.15. The third-order valence-corrected chi connectivity index (χ3v) is 5.42. The van der Waals surface area contributed by atoms with Gasteiger partial charge in [0.25, 0.3) is 0 Å². The molecule has 1 saturated heterocycles. The van der Waals surface area contributed by atoms with Crippen molar-refractivity contribution in [2.75, 3.05) is 23.3 Å². The highest BCUT2D eigenvalue weighted by atomic mass is 19.1. The van der Waals surface area contributed by atoms with Crippen molar-refractivity contribution in [2.24, 2.45) is 0 Å². The number of nitriles is 1. The van der Waals surface area contributed by atoms with Crippen molar-refractivity contribution in [1.82, 2.24) is 9.97 Å². The Kier molecular flexibility index (Phi) is 4.69. The number of halogens is 1. The number of anilines is 3. The van der Waals surface area contributed by atoms with Crippen LogP contribution >= 0.6 is 0 Å². The molecule has 0 bridgehead atoms. The number of nitrogens with one attached hydrogen (secondary N) is 1. The topological polar surface area (TPSA) is 64.8 Å². The van der Waals surface area contributed by atoms with Gasteiger partial charge in [0.05, 0.1) is 24.7 Å². The zero-order valence-electron chi connectivity index (χ0n) is 15.6. The largest absolute Gasteiger partial charge is 0.350 e. The van der Waals surface area contributed by atoms with E-state index in [4.69, 9.17) is 10.2 Å². The maximum absolute atomic E-state index is 14.0. The van der Waals surface area contributed by atoms with Gasteiger partial charge in [0.1, 0.15) is 23.1 Å². The van der Waals surface area contributed by atoms with E-state index >= 15 is 0 Å². The van der Waals surface area contributed by atoms with E-state index < -0.39 is 5.67 Å². The lowest BCUT2D eigenvalue weighted by Gasteiger charge is -2.43. The molecule has 0 unspecified atom stereocenters. The highest BCUT2D eigenvalue weighted by Gasteiger charge is 2.39. The van der Waals surface area contributed by atoms with Gasteiger partial charge in [-0.1, -0.05) is 19.3 Å². The van der Waals surface area contributed by atoms with E-state index in [1.165, 1.54) is 37.7 Å². The lowest BCUT2D eigenvalue weighted by atomic mass is 9.84. The van der Waals surface area contributed by atoms with E-state index in [-0.39, 0.29) is 0 Å². The van der Waals surface area contributed by atoms with Gasteiger partial charge in [-0.2, -0.15) is 5.26 Å². The normalized spacial score (nSPS) is 19.2. The number of rotatable bonds is 4. The van der Waals surface area contributed by atoms with Gasteiger partial charge in [0, 0.05) is 6.20 Å². The molecular formula is C21H24FN5. The van der Waals surface area contributed by atoms with Crippen LogP contribution in [0, 0.1) is 11.3 Å². The summed E-state index contributed by atoms with van der Waals surface area (Å²) in [5, 5.41) is 12.3. The Labute approximate surface area is 159 Å². The molecule has 0 amide bonds. The highest BCUT2D eigenvalue weighted by molar-refractivity contribution is 5.59. The van der Waals surface area contributed by atoms with Crippen LogP contribution in [0.4, 0.5) is 21.8 Å². The van der Waals surface area contributed by atoms with Gasteiger partial charge >= 0.3 is 0 Å². The van der Waals surface area contributed by atoms with Crippen LogP contribution in [0.1, 0.15) is 56.1 Å². The predicted molar refractivity (Wildman–Crippen MR) is 104 cm³/mol. The summed E-state index contributed by atoms with van der Waals surface area (Å²) < 4.78 is 14.0. The van der Waals surface area contributed by atoms with Gasteiger partial charge < -0.3 is 10.2 Å². The molecule has 140 valence electrons. The molecule has 1 aliphatic heterocycles. The predicted octanol–water partition coefficient (Wildman–Crippen LogP) is 4.69. The maximum atomic E-state index is 14.0. The van der Waals surface area contributed by atoms with Crippen molar-refractivity contribution in [2.45, 2.75) is 50.6 Å². The molecule has 2 aromatic heterocycles. The third kappa shape index (κ3) is 4.02. The summed E-state index contributed by atoms with van der Waals surface area (Å²) >= 11 is 0. The van der Waals surface area contributed by atoms with E-state index in [0.717, 1.165) is 5.82 Å². The fraction of sp³-hybridized carbons (Fsp3) is 0.476. The fourth-order valence-electron chi connectivity index (χ4n) is 4.05. The summed E-state index contributed by atoms with van der Waals surface area (Å²) in [6.45, 7) is 2.37. The number of pyridine rings is 2. The molecule has 1 aliphatic carbocycles. The first kappa shape index (κ1) is 17.7. The van der Waals surface area contributed by atoms with Crippen molar-refractivity contribution < 1.29 is 4.39 Å². The lowest BCUT2D eigenvalue weighted by molar-refractivity contribution is 0.143. The number of nitrogens with zero attached hydrogens (tertiary/aromatic N) is 4. The van der Waals surface area contributed by atoms with Crippen LogP contribution in [0.5, 0.6) is 0 Å². The van der Waals surface area contributed by atoms with Crippen molar-refractivity contribution in [1.29, 1.82) is 5.26 Å². The molecule has 6 heteroatoms. The van der Waals surface area contributed by atoms with Crippen molar-refractivity contribution in [3.63, 3.8) is 0 Å². The molecule has 1 N–H and O–H groups in total. The molecule has 1 saturated carbocycles. The van der Waals surface area contributed by atoms with Crippen LogP contribution in [0.2, 0.25) is 0 Å². The molecule has 5 nitrogen and oxygen atoms in total. The molecule has 2 fully saturated rings. The Hall–Kier alpha value is -2.68. The molecule has 3 heterocycles. The fourth-order valence-corrected chi connectivity index (χ4v) is 4.05. The molecule has 2 aromatic rings. The Morgan fingerprint density at radius 2 is 1.96 bits per heavy atom. The summed E-state index contributed by atoms with van der Waals surface area (Å²) in [5.74, 6) is 2.62. The summed E-state index contributed by atoms with van der Waals surface area (Å²) in [7, 11) is 0. The zero-order chi connectivity index (χ0) is 18.9. The van der Waals surface area contributed by atoms with Gasteiger partial charge in [-0.25, -0.2) is 14.4 Å². The molecule has 4 rings (SSSR count). The first-order valence-electron chi connectivity index (χ1n) is 9.61. The smallest absolute Gasteiger partial charge is 0.143 e. The lowest BCUT2D eigenvalue weighted by Crippen LogP contribution is -2.57. The monoisotopic (exact) mass is 365 g/mol. The van der Waals surface area contributed by atoms with Crippen LogP contribution in [0.3, 0.4) is 0 Å². The van der Waals surface area contributed by atoms with Gasteiger partial charge in [-0.3, -0.25) is 0 Å². The van der Waals surface area contributed by atoms with E-state index in [1.807, 2.05) is 4.90 Å². The Bertz CT molecular complexity index is 859. The third-order valence-electron chi connectivity index (χ3n) is 5.42. The first-order chi connectivity index (χ1) is 13.0. The minimum atomic E-state index is -1.14. The quantitative estimate of drug-likeness (QED) is 0.852. The van der Waals surface area contributed by atoms with Gasteiger partial charge in [0.2, 0.25) is 0 Å². The minimum Gasteiger partial charge on any atom is -0.350 e. The van der Waals surface area contributed by atoms with Gasteiger partial charge in [-0.05, 0) is 55.5 Å². The van der Waals surface area contributed by atoms with Crippen molar-refractivity contribution in [3.05, 3.63) is 41.6 Å². The average molecular weight is 365 g/mol. The number of alkyl halides is 1. The molecule has 0 atom stereocenters. The van der Waals surface area contributed by atoms with E-state index in [2.05, 4.69) is 28.5 Å². The average Bonchev–Trinajstić information content (AvgIpc) is 2.66. The van der Waals surface area contributed by atoms with E-state index in [9.17, 15) is 4.39 Å². The zero-order valence-corrected chi connectivity index (χ0v) is 15.6. The maximum Gasteiger partial charge on any atom is 0.143 e. The molecule has 0 aromatic carbocycles. The van der Waals surface area contributed by atoms with Crippen LogP contribution in [-0.2, 0) is 0 Å². The summed E-state index contributed by atoms with van der Waals surface area (Å²) in [6, 6.07) is 9.70. The molecular weight excluding hydrogens is 341 g/mol. The second-order valence-electron chi connectivity index (χ2n) is 7.91. The summed E-state index contributed by atoms with van der Waals surface area (Å²) in [5.41, 5.74) is 0.664. The minimum absolute atomic E-state index is 0.371. The van der Waals surface area contributed by atoms with Crippen LogP contribution in [0.25, 0.3) is 0 Å². The summed E-state index contributed by atoms with van der Waals surface area (Å²) in [4.78, 5) is 11.0. The molecule has 0 spiro atoms. The van der Waals surface area contributed by atoms with Crippen LogP contribution in [-0.4, -0.2) is 28.7 Å². The first-order valence-corrected chi connectivity index (χ1v) is 9.61. The number of aromatic nitrogens is 2. The van der Waals surface area contributed by atoms with E-state index in [0.29, 0.717) is 36.2 Å². The summed E-state index contributed by atoms with van der Waals surface area (Å²) in [6.07, 6.45) is 7.79. The second-order valence-corrected chi connectivity index (χ2v) is 7.91. The van der Waals surface area contributed by atoms with Crippen LogP contribution < -0.4 is 10.2 Å². The highest BCUT2D eigenvalue weighted by Crippen LogP contribution is 2.37. The Morgan fingerprint density at radius 3 is 2.67 bits per heavy atom. The Morgan fingerprint density at radius 1 is 1.19 bits per heavy atom. The van der Waals surface area contributed by atoms with Gasteiger partial charge in [-0.15, -0.1) is 0 Å². The molecule has 2 aliphatic rings. The van der Waals surface area contributed by atoms with Crippen molar-refractivity contribution in [3.8, 4) is 6.07 Å². The molecule has 0 radical (unpaired) electrons. The number of hydrogen-bond donors (Lipinski definition) is 1. The standard InChI is InChI=1S/C21H24FN5/c1-21(22)13-27(14-21)20-11-17(16-5-3-2-4-6-16)10-19(26-20)25-18-9-15(12-23)7-8-24-18/h7-11,16H,2-6,13-14H2,1H3,(H,24,25,26). The van der Waals surface area contributed by atoms with Gasteiger partial charge in [0.15, 0.2) is 0 Å². The van der Waals surface area contributed by atoms with E-state index in [1.54, 1.807) is 25.3 Å². The van der Waals surface area contributed by atoms with Crippen LogP contribution in [0.15, 0.2) is 30.5 Å². The molecule has 27 heavy (non-hydrogen) atoms.